The number of amides is 1. The molecule has 2 N–H and O–H groups in total. The Labute approximate surface area is 107 Å². The summed E-state index contributed by atoms with van der Waals surface area (Å²) in [4.78, 5) is 12.0. The van der Waals surface area contributed by atoms with E-state index in [4.69, 9.17) is 16.7 Å². The fourth-order valence-corrected chi connectivity index (χ4v) is 1.85. The van der Waals surface area contributed by atoms with Gasteiger partial charge in [0.2, 0.25) is 0 Å². The van der Waals surface area contributed by atoms with Gasteiger partial charge in [-0.05, 0) is 18.9 Å². The van der Waals surface area contributed by atoms with Crippen LogP contribution in [0.2, 0.25) is 5.02 Å². The van der Waals surface area contributed by atoms with E-state index in [1.807, 2.05) is 18.4 Å². The average Bonchev–Trinajstić information content (AvgIpc) is 2.67. The van der Waals surface area contributed by atoms with Crippen molar-refractivity contribution < 1.29 is 9.90 Å². The Balaban J connectivity index is 2.80. The first-order valence-corrected chi connectivity index (χ1v) is 6.27. The number of aliphatic hydroxyl groups is 1. The highest BCUT2D eigenvalue weighted by Crippen LogP contribution is 2.15. The molecule has 0 saturated heterocycles. The smallest absolute Gasteiger partial charge is 0.268 e. The second-order valence-corrected chi connectivity index (χ2v) is 4.43. The van der Waals surface area contributed by atoms with Gasteiger partial charge >= 0.3 is 0 Å². The maximum absolute atomic E-state index is 12.0. The summed E-state index contributed by atoms with van der Waals surface area (Å²) in [6.07, 6.45) is 3.38. The minimum Gasteiger partial charge on any atom is -0.394 e. The monoisotopic (exact) mass is 258 g/mol. The molecule has 1 rings (SSSR count). The van der Waals surface area contributed by atoms with Crippen LogP contribution < -0.4 is 5.32 Å². The number of carbonyl (C=O) groups is 1. The molecular formula is C12H19ClN2O2. The lowest BCUT2D eigenvalue weighted by Gasteiger charge is -2.15. The summed E-state index contributed by atoms with van der Waals surface area (Å²) in [6, 6.07) is 1.45. The molecule has 0 aromatic carbocycles. The largest absolute Gasteiger partial charge is 0.394 e. The number of rotatable bonds is 6. The van der Waals surface area contributed by atoms with Gasteiger partial charge in [0.15, 0.2) is 0 Å². The van der Waals surface area contributed by atoms with E-state index in [1.54, 1.807) is 12.3 Å². The van der Waals surface area contributed by atoms with E-state index < -0.39 is 0 Å². The van der Waals surface area contributed by atoms with Gasteiger partial charge in [-0.3, -0.25) is 4.79 Å². The lowest BCUT2D eigenvalue weighted by Crippen LogP contribution is -2.37. The van der Waals surface area contributed by atoms with Crippen molar-refractivity contribution in [2.75, 3.05) is 6.61 Å². The van der Waals surface area contributed by atoms with Crippen molar-refractivity contribution in [2.24, 2.45) is 0 Å². The van der Waals surface area contributed by atoms with Crippen LogP contribution in [0.4, 0.5) is 0 Å². The summed E-state index contributed by atoms with van der Waals surface area (Å²) in [5.74, 6) is -0.189. The van der Waals surface area contributed by atoms with Crippen molar-refractivity contribution in [1.29, 1.82) is 0 Å². The van der Waals surface area contributed by atoms with Crippen molar-refractivity contribution in [3.8, 4) is 0 Å². The van der Waals surface area contributed by atoms with Gasteiger partial charge in [0.1, 0.15) is 5.69 Å². The van der Waals surface area contributed by atoms with E-state index in [0.29, 0.717) is 17.1 Å². The minimum absolute atomic E-state index is 0.0511. The Morgan fingerprint density at radius 2 is 2.29 bits per heavy atom. The van der Waals surface area contributed by atoms with Crippen LogP contribution in [0.1, 0.15) is 37.2 Å². The number of nitrogens with one attached hydrogen (secondary N) is 1. The molecule has 0 aliphatic rings. The summed E-state index contributed by atoms with van der Waals surface area (Å²) in [6.45, 7) is 4.66. The van der Waals surface area contributed by atoms with Crippen LogP contribution in [0.15, 0.2) is 12.3 Å². The quantitative estimate of drug-likeness (QED) is 0.821. The van der Waals surface area contributed by atoms with Gasteiger partial charge < -0.3 is 15.0 Å². The molecule has 17 heavy (non-hydrogen) atoms. The Bertz CT molecular complexity index is 373. The molecule has 96 valence electrons. The molecule has 0 bridgehead atoms. The van der Waals surface area contributed by atoms with E-state index in [-0.39, 0.29) is 18.6 Å². The molecule has 5 heteroatoms. The third kappa shape index (κ3) is 3.75. The van der Waals surface area contributed by atoms with E-state index in [2.05, 4.69) is 5.32 Å². The van der Waals surface area contributed by atoms with Crippen molar-refractivity contribution in [2.45, 2.75) is 39.3 Å². The number of aryl methyl sites for hydroxylation is 1. The van der Waals surface area contributed by atoms with Gasteiger partial charge in [-0.1, -0.05) is 25.4 Å². The fraction of sp³-hybridized carbons (Fsp3) is 0.583. The number of aliphatic hydroxyl groups excluding tert-OH is 1. The zero-order valence-electron chi connectivity index (χ0n) is 10.2. The molecule has 4 nitrogen and oxygen atoms in total. The molecule has 1 aromatic heterocycles. The lowest BCUT2D eigenvalue weighted by atomic mass is 10.2. The van der Waals surface area contributed by atoms with Gasteiger partial charge in [0.05, 0.1) is 17.7 Å². The van der Waals surface area contributed by atoms with Crippen LogP contribution in [0, 0.1) is 0 Å². The van der Waals surface area contributed by atoms with Crippen LogP contribution in [-0.2, 0) is 6.54 Å². The Hall–Kier alpha value is -1.00. The number of halogens is 1. The Morgan fingerprint density at radius 3 is 2.82 bits per heavy atom. The SMILES string of the molecule is CCCn1cc(Cl)cc1C(=O)NC(CC)CO. The molecule has 1 heterocycles. The number of carbonyl (C=O) groups excluding carboxylic acids is 1. The molecule has 0 aliphatic carbocycles. The first kappa shape index (κ1) is 14.1. The molecule has 1 atom stereocenters. The molecule has 1 aromatic rings. The summed E-state index contributed by atoms with van der Waals surface area (Å²) < 4.78 is 1.84. The zero-order valence-corrected chi connectivity index (χ0v) is 11.0. The summed E-state index contributed by atoms with van der Waals surface area (Å²) in [5, 5.41) is 12.4. The van der Waals surface area contributed by atoms with E-state index in [1.165, 1.54) is 0 Å². The van der Waals surface area contributed by atoms with Crippen LogP contribution in [0.25, 0.3) is 0 Å². The summed E-state index contributed by atoms with van der Waals surface area (Å²) in [5.41, 5.74) is 0.545. The molecule has 0 fully saturated rings. The van der Waals surface area contributed by atoms with Gasteiger partial charge in [-0.2, -0.15) is 0 Å². The predicted molar refractivity (Wildman–Crippen MR) is 68.4 cm³/mol. The van der Waals surface area contributed by atoms with Crippen LogP contribution >= 0.6 is 11.6 Å². The maximum atomic E-state index is 12.0. The molecule has 1 unspecified atom stereocenters. The van der Waals surface area contributed by atoms with Crippen molar-refractivity contribution >= 4 is 17.5 Å². The average molecular weight is 259 g/mol. The van der Waals surface area contributed by atoms with Gasteiger partial charge in [-0.15, -0.1) is 0 Å². The number of aromatic nitrogens is 1. The second kappa shape index (κ2) is 6.67. The van der Waals surface area contributed by atoms with Gasteiger partial charge in [0, 0.05) is 12.7 Å². The summed E-state index contributed by atoms with van der Waals surface area (Å²) in [7, 11) is 0. The van der Waals surface area contributed by atoms with Gasteiger partial charge in [-0.25, -0.2) is 0 Å². The van der Waals surface area contributed by atoms with Crippen LogP contribution in [0.3, 0.4) is 0 Å². The van der Waals surface area contributed by atoms with Gasteiger partial charge in [0.25, 0.3) is 5.91 Å². The normalized spacial score (nSPS) is 12.5. The molecule has 0 radical (unpaired) electrons. The molecule has 1 amide bonds. The standard InChI is InChI=1S/C12H19ClN2O2/c1-3-5-15-7-9(13)6-11(15)12(17)14-10(4-2)8-16/h6-7,10,16H,3-5,8H2,1-2H3,(H,14,17). The van der Waals surface area contributed by atoms with E-state index in [0.717, 1.165) is 13.0 Å². The molecule has 0 saturated carbocycles. The topological polar surface area (TPSA) is 54.3 Å². The number of hydrogen-bond donors (Lipinski definition) is 2. The highest BCUT2D eigenvalue weighted by molar-refractivity contribution is 6.31. The third-order valence-corrected chi connectivity index (χ3v) is 2.82. The fourth-order valence-electron chi connectivity index (χ4n) is 1.63. The van der Waals surface area contributed by atoms with E-state index >= 15 is 0 Å². The lowest BCUT2D eigenvalue weighted by molar-refractivity contribution is 0.0905. The number of nitrogens with zero attached hydrogens (tertiary/aromatic N) is 1. The molecule has 0 aliphatic heterocycles. The second-order valence-electron chi connectivity index (χ2n) is 4.00. The Kier molecular flexibility index (Phi) is 5.51. The predicted octanol–water partition coefficient (Wildman–Crippen LogP) is 2.05. The van der Waals surface area contributed by atoms with Crippen LogP contribution in [-0.4, -0.2) is 28.2 Å². The minimum atomic E-state index is -0.203. The Morgan fingerprint density at radius 1 is 1.59 bits per heavy atom. The summed E-state index contributed by atoms with van der Waals surface area (Å²) >= 11 is 5.90. The third-order valence-electron chi connectivity index (χ3n) is 2.61. The molecular weight excluding hydrogens is 240 g/mol. The first-order chi connectivity index (χ1) is 8.12. The highest BCUT2D eigenvalue weighted by atomic mass is 35.5. The van der Waals surface area contributed by atoms with Crippen molar-refractivity contribution in [1.82, 2.24) is 9.88 Å². The number of hydrogen-bond acceptors (Lipinski definition) is 2. The molecule has 0 spiro atoms. The van der Waals surface area contributed by atoms with Crippen LogP contribution in [0.5, 0.6) is 0 Å². The highest BCUT2D eigenvalue weighted by Gasteiger charge is 2.15. The van der Waals surface area contributed by atoms with Crippen molar-refractivity contribution in [3.05, 3.63) is 23.0 Å². The van der Waals surface area contributed by atoms with Crippen molar-refractivity contribution in [3.63, 3.8) is 0 Å². The van der Waals surface area contributed by atoms with E-state index in [9.17, 15) is 4.79 Å². The first-order valence-electron chi connectivity index (χ1n) is 5.89. The zero-order chi connectivity index (χ0) is 12.8. The maximum Gasteiger partial charge on any atom is 0.268 e.